The fourth-order valence-electron chi connectivity index (χ4n) is 3.43. The van der Waals surface area contributed by atoms with E-state index in [4.69, 9.17) is 10.5 Å². The summed E-state index contributed by atoms with van der Waals surface area (Å²) in [6, 6.07) is 10.1. The lowest BCUT2D eigenvalue weighted by atomic mass is 10.2. The van der Waals surface area contributed by atoms with Gasteiger partial charge in [0.1, 0.15) is 5.60 Å². The summed E-state index contributed by atoms with van der Waals surface area (Å²) >= 11 is 0. The molecule has 1 aromatic carbocycles. The second kappa shape index (κ2) is 10.3. The number of rotatable bonds is 3. The van der Waals surface area contributed by atoms with Gasteiger partial charge in [-0.25, -0.2) is 14.5 Å². The van der Waals surface area contributed by atoms with Crippen LogP contribution in [0.1, 0.15) is 37.7 Å². The minimum Gasteiger partial charge on any atom is -0.444 e. The summed E-state index contributed by atoms with van der Waals surface area (Å²) in [7, 11) is 0. The van der Waals surface area contributed by atoms with Crippen molar-refractivity contribution in [3.05, 3.63) is 47.3 Å². The third kappa shape index (κ3) is 6.34. The van der Waals surface area contributed by atoms with E-state index in [9.17, 15) is 4.79 Å². The third-order valence-corrected chi connectivity index (χ3v) is 5.10. The second-order valence-electron chi connectivity index (χ2n) is 8.53. The minimum atomic E-state index is -0.491. The van der Waals surface area contributed by atoms with Gasteiger partial charge in [-0.1, -0.05) is 18.2 Å². The number of nitrogens with two attached hydrogens (primary N) is 1. The number of hydrogen-bond acceptors (Lipinski definition) is 4. The van der Waals surface area contributed by atoms with E-state index in [1.807, 2.05) is 74.5 Å². The molecule has 2 aromatic rings. The van der Waals surface area contributed by atoms with Crippen LogP contribution in [0.5, 0.6) is 0 Å². The zero-order valence-corrected chi connectivity index (χ0v) is 21.3. The molecule has 0 spiro atoms. The van der Waals surface area contributed by atoms with Gasteiger partial charge in [-0.3, -0.25) is 0 Å². The Hall–Kier alpha value is -2.30. The Bertz CT molecular complexity index is 912. The van der Waals surface area contributed by atoms with E-state index in [1.54, 1.807) is 4.90 Å². The van der Waals surface area contributed by atoms with E-state index < -0.39 is 5.60 Å². The lowest BCUT2D eigenvalue weighted by Gasteiger charge is -2.36. The van der Waals surface area contributed by atoms with Crippen molar-refractivity contribution in [1.29, 1.82) is 0 Å². The lowest BCUT2D eigenvalue weighted by molar-refractivity contribution is 0.0186. The molecular formula is C22H33IN6O2. The van der Waals surface area contributed by atoms with Crippen LogP contribution in [0.3, 0.4) is 0 Å². The number of carbonyl (C=O) groups excluding carboxylic acids is 1. The summed E-state index contributed by atoms with van der Waals surface area (Å²) in [6.07, 6.45) is -0.280. The number of halogens is 1. The second-order valence-corrected chi connectivity index (χ2v) is 8.53. The van der Waals surface area contributed by atoms with Crippen molar-refractivity contribution >= 4 is 36.0 Å². The number of amides is 1. The van der Waals surface area contributed by atoms with Crippen LogP contribution in [0.4, 0.5) is 4.79 Å². The van der Waals surface area contributed by atoms with Crippen LogP contribution < -0.4 is 5.73 Å². The highest BCUT2D eigenvalue weighted by atomic mass is 127. The van der Waals surface area contributed by atoms with Gasteiger partial charge in [0.2, 0.25) is 0 Å². The van der Waals surface area contributed by atoms with Crippen molar-refractivity contribution in [3.63, 3.8) is 0 Å². The number of hydrogen-bond donors (Lipinski definition) is 1. The molecule has 31 heavy (non-hydrogen) atoms. The number of aryl methyl sites for hydroxylation is 1. The fourth-order valence-corrected chi connectivity index (χ4v) is 3.43. The Labute approximate surface area is 201 Å². The van der Waals surface area contributed by atoms with E-state index in [0.29, 0.717) is 38.7 Å². The van der Waals surface area contributed by atoms with Crippen LogP contribution in [0.2, 0.25) is 0 Å². The molecule has 8 nitrogen and oxygen atoms in total. The van der Waals surface area contributed by atoms with E-state index >= 15 is 0 Å². The Morgan fingerprint density at radius 2 is 1.68 bits per heavy atom. The molecule has 0 saturated carbocycles. The first-order valence-electron chi connectivity index (χ1n) is 10.3. The number of guanidine groups is 1. The average molecular weight is 540 g/mol. The normalized spacial score (nSPS) is 14.9. The summed E-state index contributed by atoms with van der Waals surface area (Å²) in [4.78, 5) is 20.5. The lowest BCUT2D eigenvalue weighted by Crippen LogP contribution is -2.53. The average Bonchev–Trinajstić information content (AvgIpc) is 2.99. The fraction of sp³-hybridized carbons (Fsp3) is 0.500. The largest absolute Gasteiger partial charge is 0.444 e. The molecule has 1 amide bonds. The van der Waals surface area contributed by atoms with Gasteiger partial charge in [0.25, 0.3) is 0 Å². The number of nitrogens with zero attached hydrogens (tertiary/aromatic N) is 5. The maximum atomic E-state index is 12.2. The zero-order valence-electron chi connectivity index (χ0n) is 19.0. The minimum absolute atomic E-state index is 0. The molecular weight excluding hydrogens is 507 g/mol. The number of aromatic nitrogens is 2. The number of para-hydroxylation sites is 1. The van der Waals surface area contributed by atoms with Crippen molar-refractivity contribution < 1.29 is 9.53 Å². The summed E-state index contributed by atoms with van der Waals surface area (Å²) in [5.41, 5.74) is 9.87. The van der Waals surface area contributed by atoms with Gasteiger partial charge in [-0.15, -0.1) is 24.0 Å². The zero-order chi connectivity index (χ0) is 21.9. The smallest absolute Gasteiger partial charge is 0.410 e. The highest BCUT2D eigenvalue weighted by Crippen LogP contribution is 2.19. The quantitative estimate of drug-likeness (QED) is 0.366. The molecule has 1 fully saturated rings. The molecule has 1 aromatic heterocycles. The Balaban J connectivity index is 0.00000341. The van der Waals surface area contributed by atoms with Crippen LogP contribution in [-0.2, 0) is 11.3 Å². The van der Waals surface area contributed by atoms with Gasteiger partial charge in [0.05, 0.1) is 17.9 Å². The standard InChI is InChI=1S/C22H32N6O2.HI/c1-16-19(17(2)28(25-16)18-9-7-6-8-10-18)15-24-20(23)26-11-13-27(14-12-26)21(29)30-22(3,4)5;/h6-10H,11-15H2,1-5H3,(H2,23,24);1H. The van der Waals surface area contributed by atoms with Crippen LogP contribution in [0.25, 0.3) is 5.69 Å². The molecule has 0 bridgehead atoms. The first-order valence-corrected chi connectivity index (χ1v) is 10.3. The number of carbonyl (C=O) groups is 1. The predicted molar refractivity (Wildman–Crippen MR) is 133 cm³/mol. The highest BCUT2D eigenvalue weighted by molar-refractivity contribution is 14.0. The summed E-state index contributed by atoms with van der Waals surface area (Å²) in [5.74, 6) is 0.491. The molecule has 1 saturated heterocycles. The SMILES string of the molecule is Cc1nn(-c2ccccc2)c(C)c1CN=C(N)N1CCN(C(=O)OC(C)(C)C)CC1.I. The van der Waals surface area contributed by atoms with Crippen LogP contribution in [0.15, 0.2) is 35.3 Å². The Morgan fingerprint density at radius 1 is 1.10 bits per heavy atom. The molecule has 170 valence electrons. The monoisotopic (exact) mass is 540 g/mol. The third-order valence-electron chi connectivity index (χ3n) is 5.10. The van der Waals surface area contributed by atoms with Crippen molar-refractivity contribution in [1.82, 2.24) is 19.6 Å². The van der Waals surface area contributed by atoms with Gasteiger partial charge in [0.15, 0.2) is 5.96 Å². The summed E-state index contributed by atoms with van der Waals surface area (Å²) in [6.45, 7) is 12.5. The van der Waals surface area contributed by atoms with E-state index in [0.717, 1.165) is 22.6 Å². The van der Waals surface area contributed by atoms with Crippen molar-refractivity contribution in [2.24, 2.45) is 10.7 Å². The Morgan fingerprint density at radius 3 is 2.26 bits per heavy atom. The Kier molecular flexibility index (Phi) is 8.33. The summed E-state index contributed by atoms with van der Waals surface area (Å²) < 4.78 is 7.38. The van der Waals surface area contributed by atoms with Gasteiger partial charge >= 0.3 is 6.09 Å². The molecule has 1 aliphatic rings. The highest BCUT2D eigenvalue weighted by Gasteiger charge is 2.26. The van der Waals surface area contributed by atoms with E-state index in [1.165, 1.54) is 0 Å². The first kappa shape index (κ1) is 25.0. The first-order chi connectivity index (χ1) is 14.2. The topological polar surface area (TPSA) is 89.0 Å². The van der Waals surface area contributed by atoms with E-state index in [2.05, 4.69) is 10.1 Å². The summed E-state index contributed by atoms with van der Waals surface area (Å²) in [5, 5.41) is 4.66. The molecule has 9 heteroatoms. The molecule has 0 atom stereocenters. The van der Waals surface area contributed by atoms with Gasteiger partial charge in [-0.2, -0.15) is 5.10 Å². The van der Waals surface area contributed by atoms with Gasteiger partial charge in [-0.05, 0) is 46.8 Å². The number of aliphatic imine (C=N–C) groups is 1. The van der Waals surface area contributed by atoms with Crippen LogP contribution in [-0.4, -0.2) is 63.4 Å². The van der Waals surface area contributed by atoms with Gasteiger partial charge < -0.3 is 20.3 Å². The predicted octanol–water partition coefficient (Wildman–Crippen LogP) is 3.47. The van der Waals surface area contributed by atoms with Crippen molar-refractivity contribution in [2.75, 3.05) is 26.2 Å². The van der Waals surface area contributed by atoms with E-state index in [-0.39, 0.29) is 30.1 Å². The molecule has 0 unspecified atom stereocenters. The van der Waals surface area contributed by atoms with Crippen molar-refractivity contribution in [3.8, 4) is 5.69 Å². The number of piperazine rings is 1. The maximum absolute atomic E-state index is 12.2. The molecule has 3 rings (SSSR count). The van der Waals surface area contributed by atoms with Gasteiger partial charge in [0, 0.05) is 37.4 Å². The molecule has 1 aliphatic heterocycles. The number of benzene rings is 1. The van der Waals surface area contributed by atoms with Crippen LogP contribution in [0, 0.1) is 13.8 Å². The molecule has 2 N–H and O–H groups in total. The molecule has 0 radical (unpaired) electrons. The van der Waals surface area contributed by atoms with Crippen molar-refractivity contribution in [2.45, 2.75) is 46.8 Å². The maximum Gasteiger partial charge on any atom is 0.410 e. The van der Waals surface area contributed by atoms with Crippen LogP contribution >= 0.6 is 24.0 Å². The molecule has 2 heterocycles. The number of ether oxygens (including phenoxy) is 1. The molecule has 0 aliphatic carbocycles.